The van der Waals surface area contributed by atoms with E-state index in [9.17, 15) is 10.1 Å². The van der Waals surface area contributed by atoms with Gasteiger partial charge in [-0.2, -0.15) is 10.4 Å². The van der Waals surface area contributed by atoms with Crippen LogP contribution in [0.2, 0.25) is 0 Å². The number of allylic oxidation sites excluding steroid dienone is 1. The van der Waals surface area contributed by atoms with E-state index < -0.39 is 17.9 Å². The van der Waals surface area contributed by atoms with Crippen molar-refractivity contribution in [3.8, 4) is 6.07 Å². The largest absolute Gasteiger partial charge is 0.378 e. The van der Waals surface area contributed by atoms with Crippen LogP contribution in [-0.4, -0.2) is 105 Å². The van der Waals surface area contributed by atoms with Gasteiger partial charge in [0.25, 0.3) is 5.91 Å². The number of carbonyl (C=O) groups is 1. The summed E-state index contributed by atoms with van der Waals surface area (Å²) >= 11 is 0. The third kappa shape index (κ3) is 6.69. The lowest BCUT2D eigenvalue weighted by Gasteiger charge is -2.43. The number of hydrogen-bond donors (Lipinski definition) is 4. The molecule has 7 rings (SSSR count). The molecule has 0 aromatic heterocycles. The number of rotatable bonds is 7. The Balaban J connectivity index is 0.946. The van der Waals surface area contributed by atoms with E-state index in [0.717, 1.165) is 50.6 Å². The number of hydrazone groups is 1. The molecule has 2 aromatic rings. The van der Waals surface area contributed by atoms with Crippen molar-refractivity contribution in [1.29, 1.82) is 5.26 Å². The maximum Gasteiger partial charge on any atom is 0.271 e. The quantitative estimate of drug-likeness (QED) is 0.355. The number of hydrogen-bond acceptors (Lipinski definition) is 12. The van der Waals surface area contributed by atoms with Gasteiger partial charge in [0.05, 0.1) is 43.1 Å². The Hall–Kier alpha value is -5.00. The van der Waals surface area contributed by atoms with E-state index in [1.165, 1.54) is 16.9 Å². The summed E-state index contributed by atoms with van der Waals surface area (Å²) in [7, 11) is 0. The number of guanidine groups is 1. The molecular weight excluding hydrogens is 613 g/mol. The Bertz CT molecular complexity index is 1670. The number of likely N-dealkylation sites (tertiary alicyclic amines) is 1. The molecule has 3 fully saturated rings. The van der Waals surface area contributed by atoms with Crippen molar-refractivity contribution in [1.82, 2.24) is 20.5 Å². The van der Waals surface area contributed by atoms with E-state index >= 15 is 4.39 Å². The Morgan fingerprint density at radius 3 is 2.62 bits per heavy atom. The molecule has 13 nitrogen and oxygen atoms in total. The molecule has 0 unspecified atom stereocenters. The maximum absolute atomic E-state index is 15.3. The molecule has 5 aliphatic rings. The summed E-state index contributed by atoms with van der Waals surface area (Å²) in [5, 5.41) is 23.9. The first-order chi connectivity index (χ1) is 23.4. The predicted molar refractivity (Wildman–Crippen MR) is 184 cm³/mol. The van der Waals surface area contributed by atoms with Gasteiger partial charge in [-0.1, -0.05) is 6.07 Å². The van der Waals surface area contributed by atoms with Gasteiger partial charge in [0.1, 0.15) is 24.3 Å². The summed E-state index contributed by atoms with van der Waals surface area (Å²) in [5.41, 5.74) is 5.92. The fourth-order valence-corrected chi connectivity index (χ4v) is 6.59. The van der Waals surface area contributed by atoms with Gasteiger partial charge >= 0.3 is 0 Å². The van der Waals surface area contributed by atoms with Crippen molar-refractivity contribution < 1.29 is 13.9 Å². The molecule has 3 saturated heterocycles. The van der Waals surface area contributed by atoms with Gasteiger partial charge in [0, 0.05) is 62.3 Å². The molecule has 0 aliphatic carbocycles. The van der Waals surface area contributed by atoms with Crippen LogP contribution in [0.1, 0.15) is 30.9 Å². The number of anilines is 3. The average Bonchev–Trinajstić information content (AvgIpc) is 3.09. The lowest BCUT2D eigenvalue weighted by molar-refractivity contribution is -0.129. The van der Waals surface area contributed by atoms with E-state index in [2.05, 4.69) is 64.5 Å². The minimum absolute atomic E-state index is 0.0404. The summed E-state index contributed by atoms with van der Waals surface area (Å²) < 4.78 is 20.7. The van der Waals surface area contributed by atoms with Crippen molar-refractivity contribution >= 4 is 41.5 Å². The van der Waals surface area contributed by atoms with E-state index in [1.54, 1.807) is 24.4 Å². The molecule has 250 valence electrons. The van der Waals surface area contributed by atoms with Crippen LogP contribution >= 0.6 is 0 Å². The van der Waals surface area contributed by atoms with Crippen LogP contribution in [0.3, 0.4) is 0 Å². The van der Waals surface area contributed by atoms with Crippen LogP contribution in [0.4, 0.5) is 21.5 Å². The predicted octanol–water partition coefficient (Wildman–Crippen LogP) is 2.57. The van der Waals surface area contributed by atoms with Crippen molar-refractivity contribution in [2.45, 2.75) is 43.7 Å². The second-order valence-electron chi connectivity index (χ2n) is 12.8. The SMILES string of the molecule is C[C@]1(c2ccc(N[C@H]3CCN(C(=O)C4=CCC=NN4)C[C@H]3F)c(C#N)c2)N=CN=C(Nc2ccc(N3CCN(C4COC4)CC3)cc2)N1. The number of ether oxygens (including phenoxy) is 1. The highest BCUT2D eigenvalue weighted by molar-refractivity contribution is 5.99. The van der Waals surface area contributed by atoms with Crippen LogP contribution in [-0.2, 0) is 15.2 Å². The molecule has 3 atom stereocenters. The first kappa shape index (κ1) is 31.6. The van der Waals surface area contributed by atoms with Gasteiger partial charge in [0.2, 0.25) is 5.96 Å². The second-order valence-corrected chi connectivity index (χ2v) is 12.8. The van der Waals surface area contributed by atoms with Crippen LogP contribution < -0.4 is 26.3 Å². The summed E-state index contributed by atoms with van der Waals surface area (Å²) in [5.74, 6) is 0.271. The minimum Gasteiger partial charge on any atom is -0.378 e. The number of nitrogens with one attached hydrogen (secondary N) is 4. The van der Waals surface area contributed by atoms with Gasteiger partial charge in [0.15, 0.2) is 5.66 Å². The van der Waals surface area contributed by atoms with Gasteiger partial charge in [-0.15, -0.1) is 0 Å². The molecule has 5 heterocycles. The van der Waals surface area contributed by atoms with Crippen molar-refractivity contribution in [3.63, 3.8) is 0 Å². The van der Waals surface area contributed by atoms with Gasteiger partial charge in [-0.25, -0.2) is 14.4 Å². The lowest BCUT2D eigenvalue weighted by atomic mass is 9.97. The number of amides is 1. The number of piperazine rings is 1. The molecule has 0 spiro atoms. The fraction of sp³-hybridized carbons (Fsp3) is 0.441. The lowest BCUT2D eigenvalue weighted by Crippen LogP contribution is -2.56. The van der Waals surface area contributed by atoms with Crippen LogP contribution in [0.15, 0.2) is 69.3 Å². The molecular formula is C34H40FN11O2. The van der Waals surface area contributed by atoms with E-state index in [-0.39, 0.29) is 12.5 Å². The number of alkyl halides is 1. The van der Waals surface area contributed by atoms with E-state index in [0.29, 0.717) is 48.3 Å². The molecule has 48 heavy (non-hydrogen) atoms. The Morgan fingerprint density at radius 2 is 1.94 bits per heavy atom. The smallest absolute Gasteiger partial charge is 0.271 e. The highest BCUT2D eigenvalue weighted by Gasteiger charge is 2.34. The summed E-state index contributed by atoms with van der Waals surface area (Å²) in [6, 6.07) is 16.0. The van der Waals surface area contributed by atoms with Crippen LogP contribution in [0.25, 0.3) is 0 Å². The monoisotopic (exact) mass is 653 g/mol. The van der Waals surface area contributed by atoms with Crippen molar-refractivity contribution in [2.24, 2.45) is 15.1 Å². The number of carbonyl (C=O) groups excluding carboxylic acids is 1. The Morgan fingerprint density at radius 1 is 1.12 bits per heavy atom. The molecule has 0 saturated carbocycles. The molecule has 0 bridgehead atoms. The topological polar surface area (TPSA) is 145 Å². The highest BCUT2D eigenvalue weighted by atomic mass is 19.1. The summed E-state index contributed by atoms with van der Waals surface area (Å²) in [6.45, 7) is 8.04. The molecule has 2 aromatic carbocycles. The van der Waals surface area contributed by atoms with Gasteiger partial charge in [-0.3, -0.25) is 15.1 Å². The van der Waals surface area contributed by atoms with E-state index in [4.69, 9.17) is 4.74 Å². The van der Waals surface area contributed by atoms with Crippen molar-refractivity contribution in [2.75, 3.05) is 68.0 Å². The molecule has 0 radical (unpaired) electrons. The summed E-state index contributed by atoms with van der Waals surface area (Å²) in [4.78, 5) is 28.2. The van der Waals surface area contributed by atoms with Crippen LogP contribution in [0, 0.1) is 11.3 Å². The first-order valence-electron chi connectivity index (χ1n) is 16.4. The third-order valence-corrected chi connectivity index (χ3v) is 9.62. The zero-order valence-corrected chi connectivity index (χ0v) is 26.9. The number of nitriles is 1. The van der Waals surface area contributed by atoms with Crippen LogP contribution in [0.5, 0.6) is 0 Å². The standard InChI is InChI=1S/C34H40FN11O2/c1-34(38-22-37-33(42-34)40-25-5-7-26(8-6-25)44-13-15-45(16-14-44)27-20-48-21-27)24-4-9-29(23(17-24)18-36)41-30-10-12-46(19-28(30)35)32(47)31-3-2-11-39-43-31/h3-9,11,17,22,27-28,30,41,43H,2,10,12-16,19-21H2,1H3,(H2,37,38,40,42)/t28-,30+,34+/m1/s1. The maximum atomic E-state index is 15.3. The van der Waals surface area contributed by atoms with E-state index in [1.807, 2.05) is 25.1 Å². The summed E-state index contributed by atoms with van der Waals surface area (Å²) in [6.07, 6.45) is 4.58. The normalized spacial score (nSPS) is 25.9. The highest BCUT2D eigenvalue weighted by Crippen LogP contribution is 2.30. The average molecular weight is 654 g/mol. The number of halogens is 1. The number of benzene rings is 2. The van der Waals surface area contributed by atoms with Crippen molar-refractivity contribution in [3.05, 3.63) is 65.4 Å². The fourth-order valence-electron chi connectivity index (χ4n) is 6.59. The third-order valence-electron chi connectivity index (χ3n) is 9.62. The molecule has 14 heteroatoms. The number of aliphatic imine (C=N–C) groups is 2. The number of piperidine rings is 1. The first-order valence-corrected chi connectivity index (χ1v) is 16.4. The second kappa shape index (κ2) is 13.6. The molecule has 1 amide bonds. The molecule has 4 N–H and O–H groups in total. The zero-order valence-electron chi connectivity index (χ0n) is 26.9. The Labute approximate surface area is 279 Å². The zero-order chi connectivity index (χ0) is 33.1. The molecule has 5 aliphatic heterocycles. The number of nitrogens with zero attached hydrogens (tertiary/aromatic N) is 7. The van der Waals surface area contributed by atoms with Gasteiger partial charge < -0.3 is 30.5 Å². The Kier molecular flexibility index (Phi) is 8.96. The minimum atomic E-state index is -1.31. The van der Waals surface area contributed by atoms with Gasteiger partial charge in [-0.05, 0) is 55.8 Å².